The fourth-order valence-corrected chi connectivity index (χ4v) is 2.62. The van der Waals surface area contributed by atoms with Gasteiger partial charge in [-0.15, -0.1) is 0 Å². The topological polar surface area (TPSA) is 66.4 Å². The fourth-order valence-electron chi connectivity index (χ4n) is 1.27. The van der Waals surface area contributed by atoms with Gasteiger partial charge in [-0.25, -0.2) is 12.0 Å². The molecule has 1 rings (SSSR count). The maximum atomic E-state index is 10.1. The third-order valence-corrected chi connectivity index (χ3v) is 3.54. The second kappa shape index (κ2) is 6.66. The van der Waals surface area contributed by atoms with E-state index < -0.39 is 10.4 Å². The van der Waals surface area contributed by atoms with E-state index in [-0.39, 0.29) is 34.8 Å². The van der Waals surface area contributed by atoms with Crippen molar-refractivity contribution in [3.05, 3.63) is 0 Å². The molecule has 0 spiro atoms. The zero-order valence-corrected chi connectivity index (χ0v) is 11.2. The van der Waals surface area contributed by atoms with Crippen molar-refractivity contribution in [1.29, 1.82) is 0 Å². The van der Waals surface area contributed by atoms with Crippen LogP contribution in [-0.2, 0) is 14.0 Å². The molecular formula is C6H11NaO4S2. The molecule has 0 amide bonds. The molecule has 0 unspecified atom stereocenters. The van der Waals surface area contributed by atoms with Crippen molar-refractivity contribution in [1.82, 2.24) is 0 Å². The zero-order valence-electron chi connectivity index (χ0n) is 7.56. The van der Waals surface area contributed by atoms with Gasteiger partial charge in [-0.05, 0) is 12.8 Å². The van der Waals surface area contributed by atoms with Crippen molar-refractivity contribution in [3.8, 4) is 0 Å². The molecular weight excluding hydrogens is 223 g/mol. The summed E-state index contributed by atoms with van der Waals surface area (Å²) in [4.78, 5) is 0. The summed E-state index contributed by atoms with van der Waals surface area (Å²) < 4.78 is 34.3. The van der Waals surface area contributed by atoms with E-state index in [0.29, 0.717) is 0 Å². The van der Waals surface area contributed by atoms with Gasteiger partial charge < -0.3 is 4.55 Å². The predicted molar refractivity (Wildman–Crippen MR) is 45.2 cm³/mol. The molecule has 0 bridgehead atoms. The van der Waals surface area contributed by atoms with E-state index in [0.717, 1.165) is 37.7 Å². The molecule has 0 aromatic rings. The summed E-state index contributed by atoms with van der Waals surface area (Å²) in [6.07, 6.45) is 5.28. The Bertz CT molecular complexity index is 223. The number of rotatable bonds is 3. The van der Waals surface area contributed by atoms with Crippen molar-refractivity contribution in [2.75, 3.05) is 0 Å². The smallest absolute Gasteiger partial charge is 0.725 e. The van der Waals surface area contributed by atoms with E-state index in [2.05, 4.69) is 3.63 Å². The van der Waals surface area contributed by atoms with E-state index in [9.17, 15) is 13.0 Å². The van der Waals surface area contributed by atoms with Crippen molar-refractivity contribution >= 4 is 22.4 Å². The summed E-state index contributed by atoms with van der Waals surface area (Å²) in [5.41, 5.74) is 0. The Morgan fingerprint density at radius 2 is 1.77 bits per heavy atom. The molecule has 1 aliphatic rings. The SMILES string of the molecule is O=S(=O)([O-])OSC1CCCCC1.[Na+]. The van der Waals surface area contributed by atoms with E-state index in [1.165, 1.54) is 6.42 Å². The molecule has 0 radical (unpaired) electrons. The molecule has 72 valence electrons. The third kappa shape index (κ3) is 7.18. The van der Waals surface area contributed by atoms with Crippen LogP contribution >= 0.6 is 12.0 Å². The number of hydrogen-bond donors (Lipinski definition) is 0. The van der Waals surface area contributed by atoms with Crippen LogP contribution in [0.25, 0.3) is 0 Å². The average molecular weight is 234 g/mol. The normalized spacial score (nSPS) is 19.5. The first-order valence-electron chi connectivity index (χ1n) is 3.89. The monoisotopic (exact) mass is 234 g/mol. The Morgan fingerprint density at radius 3 is 2.23 bits per heavy atom. The van der Waals surface area contributed by atoms with Gasteiger partial charge in [0.25, 0.3) is 0 Å². The van der Waals surface area contributed by atoms with Gasteiger partial charge in [0.1, 0.15) is 0 Å². The van der Waals surface area contributed by atoms with Crippen molar-refractivity contribution in [2.24, 2.45) is 0 Å². The predicted octanol–water partition coefficient (Wildman–Crippen LogP) is -1.55. The maximum absolute atomic E-state index is 10.1. The first-order valence-corrected chi connectivity index (χ1v) is 6.02. The average Bonchev–Trinajstić information content (AvgIpc) is 2.02. The van der Waals surface area contributed by atoms with E-state index in [1.807, 2.05) is 0 Å². The molecule has 4 nitrogen and oxygen atoms in total. The molecule has 1 saturated carbocycles. The van der Waals surface area contributed by atoms with Crippen LogP contribution in [0.1, 0.15) is 32.1 Å². The largest absolute Gasteiger partial charge is 1.00 e. The first-order chi connectivity index (χ1) is 5.58. The van der Waals surface area contributed by atoms with E-state index in [4.69, 9.17) is 0 Å². The Hall–Kier alpha value is 1.22. The van der Waals surface area contributed by atoms with Crippen LogP contribution in [0.2, 0.25) is 0 Å². The van der Waals surface area contributed by atoms with Gasteiger partial charge in [-0.1, -0.05) is 19.3 Å². The van der Waals surface area contributed by atoms with Crippen LogP contribution in [0.4, 0.5) is 0 Å². The summed E-state index contributed by atoms with van der Waals surface area (Å²) in [7, 11) is -4.51. The molecule has 0 atom stereocenters. The van der Waals surface area contributed by atoms with Crippen LogP contribution in [-0.4, -0.2) is 18.2 Å². The summed E-state index contributed by atoms with van der Waals surface area (Å²) in [5, 5.41) is 0.183. The Morgan fingerprint density at radius 1 is 1.23 bits per heavy atom. The second-order valence-electron chi connectivity index (χ2n) is 2.83. The summed E-state index contributed by atoms with van der Waals surface area (Å²) in [6.45, 7) is 0. The third-order valence-electron chi connectivity index (χ3n) is 1.81. The summed E-state index contributed by atoms with van der Waals surface area (Å²) >= 11 is 0.804. The standard InChI is InChI=1S/C6H12O4S2.Na/c7-12(8,9)10-11-6-4-2-1-3-5-6;/h6H,1-5H2,(H,7,8,9);/q;+1/p-1. The van der Waals surface area contributed by atoms with Crippen molar-refractivity contribution in [3.63, 3.8) is 0 Å². The molecule has 0 aromatic carbocycles. The Labute approximate surface area is 105 Å². The quantitative estimate of drug-likeness (QED) is 0.256. The molecule has 0 aliphatic heterocycles. The first kappa shape index (κ1) is 14.2. The fraction of sp³-hybridized carbons (Fsp3) is 1.00. The molecule has 0 saturated heterocycles. The van der Waals surface area contributed by atoms with Crippen LogP contribution < -0.4 is 29.6 Å². The van der Waals surface area contributed by atoms with Gasteiger partial charge in [0, 0.05) is 17.3 Å². The van der Waals surface area contributed by atoms with Gasteiger partial charge in [-0.3, -0.25) is 0 Å². The van der Waals surface area contributed by atoms with Crippen LogP contribution in [0.3, 0.4) is 0 Å². The zero-order chi connectivity index (χ0) is 9.03. The van der Waals surface area contributed by atoms with Gasteiger partial charge in [0.05, 0.1) is 0 Å². The molecule has 1 fully saturated rings. The second-order valence-corrected chi connectivity index (χ2v) is 5.05. The molecule has 0 N–H and O–H groups in total. The Kier molecular flexibility index (Phi) is 7.28. The van der Waals surface area contributed by atoms with Gasteiger partial charge in [0.2, 0.25) is 10.4 Å². The van der Waals surface area contributed by atoms with Crippen molar-refractivity contribution < 1.29 is 46.2 Å². The van der Waals surface area contributed by atoms with Crippen LogP contribution in [0.15, 0.2) is 0 Å². The molecule has 13 heavy (non-hydrogen) atoms. The van der Waals surface area contributed by atoms with Crippen LogP contribution in [0.5, 0.6) is 0 Å². The van der Waals surface area contributed by atoms with Gasteiger partial charge in [0.15, 0.2) is 0 Å². The summed E-state index contributed by atoms with van der Waals surface area (Å²) in [5.74, 6) is 0. The number of hydrogen-bond acceptors (Lipinski definition) is 5. The minimum absolute atomic E-state index is 0. The minimum Gasteiger partial charge on any atom is -0.725 e. The molecule has 1 aliphatic carbocycles. The van der Waals surface area contributed by atoms with Gasteiger partial charge >= 0.3 is 29.6 Å². The molecule has 7 heteroatoms. The minimum atomic E-state index is -4.51. The van der Waals surface area contributed by atoms with Crippen LogP contribution in [0, 0.1) is 0 Å². The Balaban J connectivity index is 0.00000144. The van der Waals surface area contributed by atoms with E-state index in [1.54, 1.807) is 0 Å². The van der Waals surface area contributed by atoms with E-state index >= 15 is 0 Å². The van der Waals surface area contributed by atoms with Gasteiger partial charge in [-0.2, -0.15) is 0 Å². The maximum Gasteiger partial charge on any atom is 1.00 e. The summed E-state index contributed by atoms with van der Waals surface area (Å²) in [6, 6.07) is 0. The molecule has 0 aromatic heterocycles. The van der Waals surface area contributed by atoms with Crippen molar-refractivity contribution in [2.45, 2.75) is 37.4 Å². The molecule has 0 heterocycles.